The molecule has 45 heavy (non-hydrogen) atoms. The molecule has 1 aromatic carbocycles. The molecule has 1 atom stereocenters. The molecule has 2 aromatic heterocycles. The summed E-state index contributed by atoms with van der Waals surface area (Å²) in [6.45, 7) is 12.9. The number of aliphatic carboxylic acids is 2. The maximum absolute atomic E-state index is 13.5. The van der Waals surface area contributed by atoms with E-state index in [0.29, 0.717) is 11.4 Å². The van der Waals surface area contributed by atoms with Crippen LogP contribution in [0.25, 0.3) is 22.3 Å². The Bertz CT molecular complexity index is 1700. The molecule has 16 heteroatoms. The molecule has 0 aliphatic carbocycles. The summed E-state index contributed by atoms with van der Waals surface area (Å²) in [6, 6.07) is 11.1. The van der Waals surface area contributed by atoms with Gasteiger partial charge >= 0.3 is 57.8 Å². The Labute approximate surface area is 268 Å². The number of hydrogen-bond acceptors (Lipinski definition) is 9. The quantitative estimate of drug-likeness (QED) is 0.149. The van der Waals surface area contributed by atoms with E-state index in [4.69, 9.17) is 38.6 Å². The van der Waals surface area contributed by atoms with Crippen LogP contribution in [-0.4, -0.2) is 68.2 Å². The first-order valence-electron chi connectivity index (χ1n) is 12.5. The van der Waals surface area contributed by atoms with Gasteiger partial charge in [0.25, 0.3) is 5.56 Å². The second kappa shape index (κ2) is 17.0. The third kappa shape index (κ3) is 7.88. The van der Waals surface area contributed by atoms with Gasteiger partial charge in [-0.05, 0) is 24.6 Å². The van der Waals surface area contributed by atoms with E-state index < -0.39 is 54.7 Å². The van der Waals surface area contributed by atoms with Crippen molar-refractivity contribution < 1.29 is 72.9 Å². The molecule has 0 fully saturated rings. The normalized spacial score (nSPS) is 14.9. The van der Waals surface area contributed by atoms with E-state index in [0.717, 1.165) is 21.4 Å². The maximum atomic E-state index is 13.5. The Hall–Kier alpha value is -4.71. The summed E-state index contributed by atoms with van der Waals surface area (Å²) in [6.07, 6.45) is -0.0800. The van der Waals surface area contributed by atoms with E-state index in [1.54, 1.807) is 13.0 Å². The van der Waals surface area contributed by atoms with Crippen molar-refractivity contribution in [1.82, 2.24) is 14.5 Å². The van der Waals surface area contributed by atoms with Gasteiger partial charge in [0.05, 0.1) is 48.6 Å². The molecule has 1 radical (unpaired) electrons. The van der Waals surface area contributed by atoms with Crippen LogP contribution in [0, 0.1) is 20.0 Å². The number of carboxylic acid groups (broad SMARTS) is 2. The molecular weight excluding hydrogens is 681 g/mol. The van der Waals surface area contributed by atoms with E-state index in [1.807, 2.05) is 30.3 Å². The molecule has 0 saturated carbocycles. The Morgan fingerprint density at radius 3 is 2.20 bits per heavy atom. The van der Waals surface area contributed by atoms with Gasteiger partial charge in [0.2, 0.25) is 5.60 Å². The minimum atomic E-state index is -1.98. The zero-order chi connectivity index (χ0) is 33.2. The number of nitrogens with zero attached hydrogens (tertiary/aromatic N) is 3. The Balaban J connectivity index is 0.00000137. The van der Waals surface area contributed by atoms with Crippen molar-refractivity contribution >= 4 is 34.8 Å². The molecule has 4 heterocycles. The average Bonchev–Trinajstić information content (AvgIpc) is 3.37. The monoisotopic (exact) mass is 704 g/mol. The summed E-state index contributed by atoms with van der Waals surface area (Å²) >= 11 is 0. The zero-order valence-electron chi connectivity index (χ0n) is 23.4. The van der Waals surface area contributed by atoms with Crippen LogP contribution < -0.4 is 5.56 Å². The summed E-state index contributed by atoms with van der Waals surface area (Å²) in [4.78, 5) is 67.4. The van der Waals surface area contributed by atoms with Crippen molar-refractivity contribution in [3.63, 3.8) is 0 Å². The molecule has 0 saturated heterocycles. The summed E-state index contributed by atoms with van der Waals surface area (Å²) in [7, 11) is 0. The molecule has 0 bridgehead atoms. The average molecular weight is 704 g/mol. The van der Waals surface area contributed by atoms with E-state index in [-0.39, 0.29) is 50.8 Å². The minimum absolute atomic E-state index is 0. The topological polar surface area (TPSA) is 225 Å². The predicted molar refractivity (Wildman–Crippen MR) is 142 cm³/mol. The van der Waals surface area contributed by atoms with Crippen LogP contribution in [0.15, 0.2) is 41.2 Å². The Morgan fingerprint density at radius 1 is 1.02 bits per heavy atom. The second-order valence-electron chi connectivity index (χ2n) is 9.17. The molecule has 2 aliphatic rings. The first-order valence-corrected chi connectivity index (χ1v) is 12.5. The third-order valence-corrected chi connectivity index (χ3v) is 6.74. The molecule has 15 nitrogen and oxygen atoms in total. The van der Waals surface area contributed by atoms with Gasteiger partial charge < -0.3 is 24.3 Å². The molecular formula is C29H23N3O12Tc. The fraction of sp³-hybridized carbons (Fsp3) is 0.276. The van der Waals surface area contributed by atoms with Crippen molar-refractivity contribution in [2.75, 3.05) is 19.6 Å². The number of rotatable bonds is 8. The molecule has 3 aromatic rings. The molecule has 5 rings (SSSR count). The van der Waals surface area contributed by atoms with Crippen LogP contribution >= 0.6 is 0 Å². The van der Waals surface area contributed by atoms with Crippen molar-refractivity contribution in [3.05, 3.63) is 83.4 Å². The van der Waals surface area contributed by atoms with Gasteiger partial charge in [-0.1, -0.05) is 25.1 Å². The molecule has 233 valence electrons. The third-order valence-electron chi connectivity index (χ3n) is 6.74. The van der Waals surface area contributed by atoms with E-state index in [1.165, 1.54) is 4.57 Å². The number of aromatic nitrogens is 2. The molecule has 0 spiro atoms. The Morgan fingerprint density at radius 2 is 1.62 bits per heavy atom. The van der Waals surface area contributed by atoms with Crippen molar-refractivity contribution in [2.24, 2.45) is 0 Å². The van der Waals surface area contributed by atoms with Crippen LogP contribution in [0.3, 0.4) is 0 Å². The van der Waals surface area contributed by atoms with Crippen molar-refractivity contribution in [1.29, 1.82) is 0 Å². The van der Waals surface area contributed by atoms with Crippen LogP contribution in [0.2, 0.25) is 0 Å². The first-order chi connectivity index (χ1) is 21.1. The molecule has 2 aliphatic heterocycles. The van der Waals surface area contributed by atoms with E-state index >= 15 is 0 Å². The van der Waals surface area contributed by atoms with Gasteiger partial charge in [-0.2, -0.15) is 0 Å². The van der Waals surface area contributed by atoms with Gasteiger partial charge in [-0.25, -0.2) is 9.78 Å². The zero-order valence-corrected chi connectivity index (χ0v) is 25.3. The van der Waals surface area contributed by atoms with Crippen molar-refractivity contribution in [3.8, 4) is 11.4 Å². The second-order valence-corrected chi connectivity index (χ2v) is 9.17. The van der Waals surface area contributed by atoms with Crippen LogP contribution in [-0.2, 0) is 81.5 Å². The molecule has 0 unspecified atom stereocenters. The number of para-hydroxylation sites is 1. The van der Waals surface area contributed by atoms with Gasteiger partial charge in [-0.15, -0.1) is 0 Å². The van der Waals surface area contributed by atoms with Crippen LogP contribution in [0.1, 0.15) is 30.0 Å². The standard InChI is InChI=1S/C26H23N3O9.3CO.Tc/c1-2-26(38-22(34)12-28(10-20(30)31)11-21(32)33)17-8-19-23-15(7-14-5-3-4-6-18(14)27-23)9-29(19)24(35)16(17)13-37-25(26)36;3*1-2;/h3-8H,2,9-13H2,1H3,(H,30,31)(H,32,33);;;;/t26-;;;;/m0..../s1/i;;;;1+1. The van der Waals surface area contributed by atoms with Crippen LogP contribution in [0.5, 0.6) is 0 Å². The number of esters is 2. The summed E-state index contributed by atoms with van der Waals surface area (Å²) < 4.78 is 34.9. The van der Waals surface area contributed by atoms with Gasteiger partial charge in [-0.3, -0.25) is 24.1 Å². The van der Waals surface area contributed by atoms with Crippen molar-refractivity contribution in [2.45, 2.75) is 32.1 Å². The first kappa shape index (κ1) is 38.3. The number of fused-ring (bicyclic) bond motifs is 5. The number of carbonyl (C=O) groups excluding carboxylic acids is 2. The van der Waals surface area contributed by atoms with E-state index in [2.05, 4.69) is 20.0 Å². The number of benzene rings is 1. The number of pyridine rings is 2. The summed E-state index contributed by atoms with van der Waals surface area (Å²) in [5.74, 6) is -4.59. The van der Waals surface area contributed by atoms with Gasteiger partial charge in [0.1, 0.15) is 6.61 Å². The Kier molecular flexibility index (Phi) is 14.4. The van der Waals surface area contributed by atoms with E-state index in [9.17, 15) is 24.0 Å². The predicted octanol–water partition coefficient (Wildman–Crippen LogP) is 0.987. The number of ether oxygens (including phenoxy) is 2. The number of carboxylic acids is 2. The summed E-state index contributed by atoms with van der Waals surface area (Å²) in [5, 5.41) is 19.0. The fourth-order valence-electron chi connectivity index (χ4n) is 5.04. The fourth-order valence-corrected chi connectivity index (χ4v) is 5.04. The molecule has 0 amide bonds. The van der Waals surface area contributed by atoms with Gasteiger partial charge in [0, 0.05) is 36.6 Å². The summed E-state index contributed by atoms with van der Waals surface area (Å²) in [5.41, 5.74) is 0.558. The number of hydrogen-bond donors (Lipinski definition) is 2. The SMILES string of the molecule is CC[C@@]1(OC(=O)CN(CC(=O)O)CC(=O)O)C(=O)OCc2c1cc1n(c2=O)Cc2cc3ccccc3nc2-1.[99Tc].[C-]#[O+].[C-]#[O+].[C-]#[O+]. The number of cyclic esters (lactones) is 1. The number of carbonyl (C=O) groups is 4. The van der Waals surface area contributed by atoms with Crippen LogP contribution in [0.4, 0.5) is 0 Å². The van der Waals surface area contributed by atoms with Gasteiger partial charge in [0.15, 0.2) is 0 Å². The molecule has 2 N–H and O–H groups in total.